The van der Waals surface area contributed by atoms with Crippen molar-refractivity contribution in [3.05, 3.63) is 0 Å². The molecular weight excluding hydrogens is 208 g/mol. The minimum absolute atomic E-state index is 0.182. The van der Waals surface area contributed by atoms with Gasteiger partial charge in [0.05, 0.1) is 24.2 Å². The molecule has 0 aromatic heterocycles. The van der Waals surface area contributed by atoms with Gasteiger partial charge in [0.2, 0.25) is 0 Å². The Morgan fingerprint density at radius 1 is 1.44 bits per heavy atom. The fourth-order valence-corrected chi connectivity index (χ4v) is 2.72. The number of hydrogen-bond donors (Lipinski definition) is 2. The molecule has 5 heteroatoms. The number of morpholine rings is 1. The van der Waals surface area contributed by atoms with E-state index >= 15 is 0 Å². The zero-order valence-electron chi connectivity index (χ0n) is 9.90. The number of nitrogens with one attached hydrogen (secondary N) is 1. The molecule has 0 aliphatic carbocycles. The summed E-state index contributed by atoms with van der Waals surface area (Å²) in [7, 11) is 0. The Labute approximate surface area is 95.8 Å². The molecule has 5 nitrogen and oxygen atoms in total. The van der Waals surface area contributed by atoms with Crippen LogP contribution in [-0.2, 0) is 9.53 Å². The van der Waals surface area contributed by atoms with Crippen LogP contribution < -0.4 is 5.32 Å². The smallest absolute Gasteiger partial charge is 0.305 e. The minimum atomic E-state index is -0.715. The van der Waals surface area contributed by atoms with E-state index in [1.165, 1.54) is 0 Å². The van der Waals surface area contributed by atoms with Crippen molar-refractivity contribution < 1.29 is 14.6 Å². The summed E-state index contributed by atoms with van der Waals surface area (Å²) in [6.45, 7) is 7.31. The highest BCUT2D eigenvalue weighted by Gasteiger charge is 2.46. The first kappa shape index (κ1) is 11.8. The summed E-state index contributed by atoms with van der Waals surface area (Å²) in [6, 6.07) is 0. The maximum Gasteiger partial charge on any atom is 0.305 e. The standard InChI is InChI=1S/C11H20N2O3/c1-8-4-13(5-9(2)16-8)11(3-10(14)15)6-12-7-11/h8-9,12H,3-7H2,1-2H3,(H,14,15). The number of carbonyl (C=O) groups is 1. The molecule has 16 heavy (non-hydrogen) atoms. The van der Waals surface area contributed by atoms with Gasteiger partial charge in [-0.25, -0.2) is 0 Å². The number of hydrogen-bond acceptors (Lipinski definition) is 4. The molecular formula is C11H20N2O3. The van der Waals surface area contributed by atoms with Gasteiger partial charge in [-0.05, 0) is 13.8 Å². The fourth-order valence-electron chi connectivity index (χ4n) is 2.72. The quantitative estimate of drug-likeness (QED) is 0.707. The molecule has 2 heterocycles. The topological polar surface area (TPSA) is 61.8 Å². The second-order valence-electron chi connectivity index (χ2n) is 5.06. The molecule has 92 valence electrons. The Hall–Kier alpha value is -0.650. The molecule has 2 aliphatic heterocycles. The first-order valence-corrected chi connectivity index (χ1v) is 5.85. The molecule has 0 aromatic rings. The molecule has 2 fully saturated rings. The Morgan fingerprint density at radius 3 is 2.38 bits per heavy atom. The van der Waals surface area contributed by atoms with Crippen molar-refractivity contribution in [2.75, 3.05) is 26.2 Å². The van der Waals surface area contributed by atoms with Crippen LogP contribution in [-0.4, -0.2) is 59.9 Å². The second-order valence-corrected chi connectivity index (χ2v) is 5.06. The Morgan fingerprint density at radius 2 is 2.00 bits per heavy atom. The van der Waals surface area contributed by atoms with Crippen molar-refractivity contribution >= 4 is 5.97 Å². The van der Waals surface area contributed by atoms with Crippen LogP contribution in [0.1, 0.15) is 20.3 Å². The lowest BCUT2D eigenvalue weighted by Crippen LogP contribution is -2.72. The van der Waals surface area contributed by atoms with E-state index < -0.39 is 5.97 Å². The summed E-state index contributed by atoms with van der Waals surface area (Å²) in [4.78, 5) is 13.2. The molecule has 0 aromatic carbocycles. The van der Waals surface area contributed by atoms with E-state index in [9.17, 15) is 4.79 Å². The lowest BCUT2D eigenvalue weighted by atomic mass is 9.85. The summed E-state index contributed by atoms with van der Waals surface area (Å²) in [5.41, 5.74) is -0.182. The van der Waals surface area contributed by atoms with Crippen molar-refractivity contribution in [3.8, 4) is 0 Å². The summed E-state index contributed by atoms with van der Waals surface area (Å²) in [5.74, 6) is -0.715. The van der Waals surface area contributed by atoms with Crippen LogP contribution in [0.25, 0.3) is 0 Å². The van der Waals surface area contributed by atoms with E-state index in [-0.39, 0.29) is 24.2 Å². The van der Waals surface area contributed by atoms with Crippen molar-refractivity contribution in [2.45, 2.75) is 38.0 Å². The number of carboxylic acid groups (broad SMARTS) is 1. The van der Waals surface area contributed by atoms with Crippen LogP contribution in [0.3, 0.4) is 0 Å². The molecule has 0 spiro atoms. The molecule has 2 aliphatic rings. The first-order valence-electron chi connectivity index (χ1n) is 5.85. The number of carboxylic acids is 1. The van der Waals surface area contributed by atoms with Crippen molar-refractivity contribution in [1.29, 1.82) is 0 Å². The first-order chi connectivity index (χ1) is 7.52. The van der Waals surface area contributed by atoms with E-state index in [1.807, 2.05) is 13.8 Å². The molecule has 0 radical (unpaired) electrons. The number of ether oxygens (including phenoxy) is 1. The molecule has 2 rings (SSSR count). The maximum atomic E-state index is 10.9. The van der Waals surface area contributed by atoms with Crippen LogP contribution in [0.4, 0.5) is 0 Å². The normalized spacial score (nSPS) is 34.4. The number of nitrogens with zero attached hydrogens (tertiary/aromatic N) is 1. The Bertz CT molecular complexity index is 268. The van der Waals surface area contributed by atoms with Crippen molar-refractivity contribution in [1.82, 2.24) is 10.2 Å². The van der Waals surface area contributed by atoms with E-state index in [0.717, 1.165) is 26.2 Å². The molecule has 2 atom stereocenters. The monoisotopic (exact) mass is 228 g/mol. The van der Waals surface area contributed by atoms with Crippen LogP contribution in [0.15, 0.2) is 0 Å². The zero-order valence-corrected chi connectivity index (χ0v) is 9.90. The van der Waals surface area contributed by atoms with Gasteiger partial charge >= 0.3 is 5.97 Å². The SMILES string of the molecule is CC1CN(C2(CC(=O)O)CNC2)CC(C)O1. The summed E-state index contributed by atoms with van der Waals surface area (Å²) in [5, 5.41) is 12.2. The predicted molar refractivity (Wildman–Crippen MR) is 59.4 cm³/mol. The Balaban J connectivity index is 2.05. The van der Waals surface area contributed by atoms with Crippen LogP contribution in [0.5, 0.6) is 0 Å². The molecule has 2 saturated heterocycles. The predicted octanol–water partition coefficient (Wildman–Crippen LogP) is -0.0877. The van der Waals surface area contributed by atoms with Gasteiger partial charge in [-0.15, -0.1) is 0 Å². The lowest BCUT2D eigenvalue weighted by Gasteiger charge is -2.53. The van der Waals surface area contributed by atoms with Crippen molar-refractivity contribution in [3.63, 3.8) is 0 Å². The number of aliphatic carboxylic acids is 1. The van der Waals surface area contributed by atoms with Gasteiger partial charge < -0.3 is 15.2 Å². The second kappa shape index (κ2) is 4.31. The van der Waals surface area contributed by atoms with E-state index in [4.69, 9.17) is 9.84 Å². The van der Waals surface area contributed by atoms with Crippen LogP contribution >= 0.6 is 0 Å². The third-order valence-corrected chi connectivity index (χ3v) is 3.48. The average molecular weight is 228 g/mol. The summed E-state index contributed by atoms with van der Waals surface area (Å²) < 4.78 is 5.68. The van der Waals surface area contributed by atoms with Crippen molar-refractivity contribution in [2.24, 2.45) is 0 Å². The maximum absolute atomic E-state index is 10.9. The average Bonchev–Trinajstić information content (AvgIpc) is 2.09. The Kier molecular flexibility index (Phi) is 3.19. The fraction of sp³-hybridized carbons (Fsp3) is 0.909. The third-order valence-electron chi connectivity index (χ3n) is 3.48. The highest BCUT2D eigenvalue weighted by atomic mass is 16.5. The molecule has 2 N–H and O–H groups in total. The summed E-state index contributed by atoms with van der Waals surface area (Å²) in [6.07, 6.45) is 0.601. The molecule has 0 amide bonds. The van der Waals surface area contributed by atoms with Gasteiger partial charge in [0.25, 0.3) is 0 Å². The van der Waals surface area contributed by atoms with E-state index in [0.29, 0.717) is 0 Å². The molecule has 0 saturated carbocycles. The number of rotatable bonds is 3. The minimum Gasteiger partial charge on any atom is -0.481 e. The summed E-state index contributed by atoms with van der Waals surface area (Å²) >= 11 is 0. The van der Waals surface area contributed by atoms with Gasteiger partial charge in [-0.1, -0.05) is 0 Å². The van der Waals surface area contributed by atoms with E-state index in [1.54, 1.807) is 0 Å². The molecule has 2 unspecified atom stereocenters. The van der Waals surface area contributed by atoms with Gasteiger partial charge in [-0.3, -0.25) is 9.69 Å². The molecule has 0 bridgehead atoms. The van der Waals surface area contributed by atoms with Gasteiger partial charge in [-0.2, -0.15) is 0 Å². The highest BCUT2D eigenvalue weighted by molar-refractivity contribution is 5.68. The van der Waals surface area contributed by atoms with Crippen LogP contribution in [0, 0.1) is 0 Å². The van der Waals surface area contributed by atoms with Gasteiger partial charge in [0.15, 0.2) is 0 Å². The highest BCUT2D eigenvalue weighted by Crippen LogP contribution is 2.28. The van der Waals surface area contributed by atoms with Gasteiger partial charge in [0, 0.05) is 26.2 Å². The zero-order chi connectivity index (χ0) is 11.8. The third kappa shape index (κ3) is 2.21. The van der Waals surface area contributed by atoms with Crippen LogP contribution in [0.2, 0.25) is 0 Å². The van der Waals surface area contributed by atoms with E-state index in [2.05, 4.69) is 10.2 Å². The van der Waals surface area contributed by atoms with Gasteiger partial charge in [0.1, 0.15) is 0 Å². The lowest BCUT2D eigenvalue weighted by molar-refractivity contribution is -0.149. The largest absolute Gasteiger partial charge is 0.481 e.